The van der Waals surface area contributed by atoms with Crippen LogP contribution in [0.15, 0.2) is 23.8 Å². The fourth-order valence-electron chi connectivity index (χ4n) is 2.72. The van der Waals surface area contributed by atoms with E-state index in [1.54, 1.807) is 0 Å². The van der Waals surface area contributed by atoms with Gasteiger partial charge in [0.15, 0.2) is 5.78 Å². The van der Waals surface area contributed by atoms with Crippen LogP contribution in [0.4, 0.5) is 0 Å². The molecule has 0 atom stereocenters. The average Bonchev–Trinajstić information content (AvgIpc) is 2.23. The number of allylic oxidation sites excluding steroid dienone is 2. The van der Waals surface area contributed by atoms with E-state index in [4.69, 9.17) is 0 Å². The minimum Gasteiger partial charge on any atom is -0.295 e. The van der Waals surface area contributed by atoms with Gasteiger partial charge in [0, 0.05) is 6.42 Å². The first-order valence-electron chi connectivity index (χ1n) is 6.35. The second-order valence-corrected chi connectivity index (χ2v) is 5.18. The zero-order chi connectivity index (χ0) is 12.4. The van der Waals surface area contributed by atoms with Gasteiger partial charge in [-0.15, -0.1) is 0 Å². The topological polar surface area (TPSA) is 17.1 Å². The minimum absolute atomic E-state index is 0.300. The molecular formula is C16H20O. The highest BCUT2D eigenvalue weighted by Crippen LogP contribution is 2.24. The Balaban J connectivity index is 2.27. The van der Waals surface area contributed by atoms with E-state index in [1.165, 1.54) is 27.8 Å². The number of benzene rings is 1. The molecule has 0 amide bonds. The summed E-state index contributed by atoms with van der Waals surface area (Å²) in [6.45, 7) is 6.47. The van der Waals surface area contributed by atoms with Crippen LogP contribution < -0.4 is 0 Å². The van der Waals surface area contributed by atoms with Gasteiger partial charge in [-0.2, -0.15) is 0 Å². The first-order valence-corrected chi connectivity index (χ1v) is 6.35. The molecule has 0 N–H and O–H groups in total. The first kappa shape index (κ1) is 12.1. The molecule has 1 aliphatic carbocycles. The van der Waals surface area contributed by atoms with E-state index < -0.39 is 0 Å². The van der Waals surface area contributed by atoms with Crippen LogP contribution in [0.25, 0.3) is 0 Å². The van der Waals surface area contributed by atoms with E-state index in [0.29, 0.717) is 5.78 Å². The molecule has 0 radical (unpaired) electrons. The summed E-state index contributed by atoms with van der Waals surface area (Å²) in [4.78, 5) is 11.4. The van der Waals surface area contributed by atoms with Crippen LogP contribution in [0.3, 0.4) is 0 Å². The number of hydrogen-bond acceptors (Lipinski definition) is 1. The van der Waals surface area contributed by atoms with Crippen molar-refractivity contribution >= 4 is 5.78 Å². The highest BCUT2D eigenvalue weighted by molar-refractivity contribution is 5.91. The Morgan fingerprint density at radius 3 is 2.29 bits per heavy atom. The molecule has 1 nitrogen and oxygen atoms in total. The summed E-state index contributed by atoms with van der Waals surface area (Å²) in [5.41, 5.74) is 6.72. The molecule has 2 rings (SSSR count). The third kappa shape index (κ3) is 2.85. The molecule has 0 aliphatic heterocycles. The van der Waals surface area contributed by atoms with Gasteiger partial charge >= 0.3 is 0 Å². The zero-order valence-corrected chi connectivity index (χ0v) is 11.0. The van der Waals surface area contributed by atoms with E-state index in [9.17, 15) is 4.79 Å². The summed E-state index contributed by atoms with van der Waals surface area (Å²) in [5, 5.41) is 0. The van der Waals surface area contributed by atoms with E-state index in [1.807, 2.05) is 6.08 Å². The molecular weight excluding hydrogens is 208 g/mol. The zero-order valence-electron chi connectivity index (χ0n) is 11.0. The number of hydrogen-bond donors (Lipinski definition) is 0. The summed E-state index contributed by atoms with van der Waals surface area (Å²) >= 11 is 0. The van der Waals surface area contributed by atoms with E-state index in [2.05, 4.69) is 32.9 Å². The third-order valence-corrected chi connectivity index (χ3v) is 3.53. The lowest BCUT2D eigenvalue weighted by atomic mass is 9.89. The lowest BCUT2D eigenvalue weighted by Gasteiger charge is -2.16. The quantitative estimate of drug-likeness (QED) is 0.751. The van der Waals surface area contributed by atoms with Crippen molar-refractivity contribution < 1.29 is 4.79 Å². The summed E-state index contributed by atoms with van der Waals surface area (Å²) in [7, 11) is 0. The molecule has 0 spiro atoms. The molecule has 0 saturated heterocycles. The molecule has 1 aromatic carbocycles. The Kier molecular flexibility index (Phi) is 3.46. The highest BCUT2D eigenvalue weighted by atomic mass is 16.1. The van der Waals surface area contributed by atoms with Gasteiger partial charge in [0.1, 0.15) is 0 Å². The van der Waals surface area contributed by atoms with Gasteiger partial charge in [-0.05, 0) is 62.8 Å². The lowest BCUT2D eigenvalue weighted by Crippen LogP contribution is -2.06. The minimum atomic E-state index is 0.300. The van der Waals surface area contributed by atoms with Gasteiger partial charge in [0.2, 0.25) is 0 Å². The van der Waals surface area contributed by atoms with Crippen molar-refractivity contribution in [2.45, 2.75) is 46.5 Å². The van der Waals surface area contributed by atoms with Crippen LogP contribution in [0.5, 0.6) is 0 Å². The van der Waals surface area contributed by atoms with Crippen LogP contribution in [0.1, 0.15) is 41.5 Å². The standard InChI is InChI=1S/C16H20O/c1-11-7-12(2)16(13(3)8-11)10-14-5-4-6-15(17)9-14/h7-9H,4-6,10H2,1-3H3. The number of aryl methyl sites for hydroxylation is 3. The van der Waals surface area contributed by atoms with E-state index >= 15 is 0 Å². The van der Waals surface area contributed by atoms with Crippen LogP contribution in [0.2, 0.25) is 0 Å². The molecule has 0 saturated carbocycles. The fourth-order valence-corrected chi connectivity index (χ4v) is 2.72. The molecule has 90 valence electrons. The Hall–Kier alpha value is -1.37. The Bertz CT molecular complexity index is 457. The lowest BCUT2D eigenvalue weighted by molar-refractivity contribution is -0.115. The molecule has 0 fully saturated rings. The van der Waals surface area contributed by atoms with Gasteiger partial charge in [0.05, 0.1) is 0 Å². The smallest absolute Gasteiger partial charge is 0.155 e. The molecule has 1 aromatic rings. The third-order valence-electron chi connectivity index (χ3n) is 3.53. The number of ketones is 1. The van der Waals surface area contributed by atoms with Crippen molar-refractivity contribution in [1.82, 2.24) is 0 Å². The fraction of sp³-hybridized carbons (Fsp3) is 0.438. The Morgan fingerprint density at radius 2 is 1.71 bits per heavy atom. The van der Waals surface area contributed by atoms with Crippen molar-refractivity contribution in [3.8, 4) is 0 Å². The molecule has 1 heteroatoms. The maximum Gasteiger partial charge on any atom is 0.155 e. The number of carbonyl (C=O) groups excluding carboxylic acids is 1. The maximum absolute atomic E-state index is 11.4. The van der Waals surface area contributed by atoms with Crippen LogP contribution in [-0.4, -0.2) is 5.78 Å². The van der Waals surface area contributed by atoms with Gasteiger partial charge in [-0.3, -0.25) is 4.79 Å². The van der Waals surface area contributed by atoms with E-state index in [-0.39, 0.29) is 0 Å². The molecule has 1 aliphatic rings. The highest BCUT2D eigenvalue weighted by Gasteiger charge is 2.12. The summed E-state index contributed by atoms with van der Waals surface area (Å²) in [6, 6.07) is 4.46. The molecule has 0 aromatic heterocycles. The van der Waals surface area contributed by atoms with Crippen molar-refractivity contribution in [2.75, 3.05) is 0 Å². The van der Waals surface area contributed by atoms with Crippen molar-refractivity contribution in [2.24, 2.45) is 0 Å². The van der Waals surface area contributed by atoms with Crippen LogP contribution >= 0.6 is 0 Å². The van der Waals surface area contributed by atoms with Gasteiger partial charge in [-0.1, -0.05) is 23.3 Å². The van der Waals surface area contributed by atoms with Gasteiger partial charge < -0.3 is 0 Å². The number of carbonyl (C=O) groups is 1. The second-order valence-electron chi connectivity index (χ2n) is 5.18. The summed E-state index contributed by atoms with van der Waals surface area (Å²) in [5.74, 6) is 0.300. The van der Waals surface area contributed by atoms with Crippen molar-refractivity contribution in [1.29, 1.82) is 0 Å². The Morgan fingerprint density at radius 1 is 1.06 bits per heavy atom. The van der Waals surface area contributed by atoms with Crippen LogP contribution in [-0.2, 0) is 11.2 Å². The predicted octanol–water partition coefficient (Wildman–Crippen LogP) is 3.83. The predicted molar refractivity (Wildman–Crippen MR) is 71.3 cm³/mol. The maximum atomic E-state index is 11.4. The molecule has 17 heavy (non-hydrogen) atoms. The van der Waals surface area contributed by atoms with Crippen molar-refractivity contribution in [3.63, 3.8) is 0 Å². The van der Waals surface area contributed by atoms with Crippen LogP contribution in [0, 0.1) is 20.8 Å². The summed E-state index contributed by atoms with van der Waals surface area (Å²) < 4.78 is 0. The SMILES string of the molecule is Cc1cc(C)c(CC2=CC(=O)CCC2)c(C)c1. The van der Waals surface area contributed by atoms with Gasteiger partial charge in [0.25, 0.3) is 0 Å². The first-order chi connectivity index (χ1) is 8.06. The van der Waals surface area contributed by atoms with Gasteiger partial charge in [-0.25, -0.2) is 0 Å². The van der Waals surface area contributed by atoms with Crippen molar-refractivity contribution in [3.05, 3.63) is 46.0 Å². The normalized spacial score (nSPS) is 15.9. The average molecular weight is 228 g/mol. The second kappa shape index (κ2) is 4.87. The van der Waals surface area contributed by atoms with E-state index in [0.717, 1.165) is 25.7 Å². The monoisotopic (exact) mass is 228 g/mol. The summed E-state index contributed by atoms with van der Waals surface area (Å²) in [6.07, 6.45) is 5.65. The Labute approximate surface area is 104 Å². The number of rotatable bonds is 2. The molecule has 0 heterocycles. The molecule has 0 unspecified atom stereocenters. The largest absolute Gasteiger partial charge is 0.295 e. The molecule has 0 bridgehead atoms.